The standard InChI is InChI=1S/C34H34F2N4O6S/c1-44-29-18-24-26(19-30(29)45-16-4-2-3-14-38-31(41)20-47)37-15-11-27(24)46-28-10-9-23(17-25(28)36)40-33(43)34(12-13-34)32(42)39-22-7-5-21(35)6-8-22/h5-11,15,17-19,47H,2-4,12-14,16,20H2,1H3,(H,38,41)(H,39,42)(H,40,43). The fourth-order valence-corrected chi connectivity index (χ4v) is 4.97. The Hall–Kier alpha value is -4.91. The molecule has 0 radical (unpaired) electrons. The molecular formula is C34H34F2N4O6S. The molecule has 13 heteroatoms. The number of benzene rings is 3. The van der Waals surface area contributed by atoms with E-state index in [-0.39, 0.29) is 23.1 Å². The summed E-state index contributed by atoms with van der Waals surface area (Å²) in [6, 6.07) is 14.2. The van der Waals surface area contributed by atoms with Crippen molar-refractivity contribution in [2.75, 3.05) is 36.6 Å². The Balaban J connectivity index is 1.21. The summed E-state index contributed by atoms with van der Waals surface area (Å²) in [6.45, 7) is 1.02. The molecule has 1 aliphatic carbocycles. The van der Waals surface area contributed by atoms with Crippen LogP contribution in [0.1, 0.15) is 32.1 Å². The van der Waals surface area contributed by atoms with Crippen LogP contribution in [-0.4, -0.2) is 48.7 Å². The van der Waals surface area contributed by atoms with Gasteiger partial charge in [0.05, 0.1) is 25.0 Å². The Morgan fingerprint density at radius 1 is 0.851 bits per heavy atom. The fraction of sp³-hybridized carbons (Fsp3) is 0.294. The minimum atomic E-state index is -1.29. The number of methoxy groups -OCH3 is 1. The number of hydrogen-bond donors (Lipinski definition) is 4. The maximum atomic E-state index is 15.2. The number of hydrogen-bond acceptors (Lipinski definition) is 8. The summed E-state index contributed by atoms with van der Waals surface area (Å²) < 4.78 is 45.8. The molecule has 1 aromatic heterocycles. The lowest BCUT2D eigenvalue weighted by atomic mass is 10.0. The summed E-state index contributed by atoms with van der Waals surface area (Å²) in [4.78, 5) is 41.5. The predicted octanol–water partition coefficient (Wildman–Crippen LogP) is 6.27. The van der Waals surface area contributed by atoms with Crippen molar-refractivity contribution in [2.24, 2.45) is 5.41 Å². The fourth-order valence-electron chi connectivity index (χ4n) is 4.86. The van der Waals surface area contributed by atoms with E-state index in [9.17, 15) is 18.8 Å². The van der Waals surface area contributed by atoms with E-state index in [1.54, 1.807) is 18.2 Å². The van der Waals surface area contributed by atoms with Gasteiger partial charge in [0.1, 0.15) is 17.0 Å². The number of halogens is 2. The molecule has 0 saturated heterocycles. The third kappa shape index (κ3) is 8.28. The molecule has 0 bridgehead atoms. The lowest BCUT2D eigenvalue weighted by Gasteiger charge is -2.16. The van der Waals surface area contributed by atoms with Crippen LogP contribution in [0.25, 0.3) is 10.9 Å². The van der Waals surface area contributed by atoms with Gasteiger partial charge in [0.2, 0.25) is 17.7 Å². The summed E-state index contributed by atoms with van der Waals surface area (Å²) in [5.41, 5.74) is -0.215. The van der Waals surface area contributed by atoms with Crippen LogP contribution in [0.4, 0.5) is 20.2 Å². The molecule has 5 rings (SSSR count). The second kappa shape index (κ2) is 15.1. The SMILES string of the molecule is COc1cc2c(Oc3ccc(NC(=O)C4(C(=O)Nc5ccc(F)cc5)CC4)cc3F)ccnc2cc1OCCCCCNC(=O)CS. The van der Waals surface area contributed by atoms with Crippen molar-refractivity contribution in [1.82, 2.24) is 10.3 Å². The van der Waals surface area contributed by atoms with Gasteiger partial charge in [-0.25, -0.2) is 8.78 Å². The van der Waals surface area contributed by atoms with Gasteiger partial charge in [-0.15, -0.1) is 0 Å². The van der Waals surface area contributed by atoms with Gasteiger partial charge in [-0.05, 0) is 80.6 Å². The smallest absolute Gasteiger partial charge is 0.240 e. The number of ether oxygens (including phenoxy) is 3. The lowest BCUT2D eigenvalue weighted by molar-refractivity contribution is -0.131. The number of aromatic nitrogens is 1. The monoisotopic (exact) mass is 664 g/mol. The van der Waals surface area contributed by atoms with E-state index in [0.29, 0.717) is 59.8 Å². The molecule has 1 heterocycles. The summed E-state index contributed by atoms with van der Waals surface area (Å²) in [5, 5.41) is 8.61. The van der Waals surface area contributed by atoms with E-state index in [1.165, 1.54) is 49.7 Å². The first-order valence-corrected chi connectivity index (χ1v) is 15.7. The number of anilines is 2. The van der Waals surface area contributed by atoms with E-state index in [1.807, 2.05) is 0 Å². The molecule has 1 aliphatic rings. The number of unbranched alkanes of at least 4 members (excludes halogenated alkanes) is 2. The third-order valence-corrected chi connectivity index (χ3v) is 7.95. The Morgan fingerprint density at radius 2 is 1.57 bits per heavy atom. The lowest BCUT2D eigenvalue weighted by Crippen LogP contribution is -2.35. The Kier molecular flexibility index (Phi) is 10.8. The van der Waals surface area contributed by atoms with Crippen LogP contribution in [-0.2, 0) is 14.4 Å². The van der Waals surface area contributed by atoms with Crippen LogP contribution >= 0.6 is 12.6 Å². The second-order valence-corrected chi connectivity index (χ2v) is 11.3. The Labute approximate surface area is 275 Å². The highest BCUT2D eigenvalue weighted by molar-refractivity contribution is 7.81. The molecule has 3 aromatic carbocycles. The molecule has 4 aromatic rings. The first kappa shape index (κ1) is 33.5. The molecule has 0 unspecified atom stereocenters. The largest absolute Gasteiger partial charge is 0.493 e. The van der Waals surface area contributed by atoms with Gasteiger partial charge in [0.25, 0.3) is 0 Å². The van der Waals surface area contributed by atoms with Crippen molar-refractivity contribution >= 4 is 52.6 Å². The van der Waals surface area contributed by atoms with E-state index in [4.69, 9.17) is 14.2 Å². The van der Waals surface area contributed by atoms with Crippen LogP contribution in [0.5, 0.6) is 23.0 Å². The number of amides is 3. The minimum absolute atomic E-state index is 0.0875. The van der Waals surface area contributed by atoms with Crippen LogP contribution in [0, 0.1) is 17.0 Å². The summed E-state index contributed by atoms with van der Waals surface area (Å²) in [6.07, 6.45) is 4.65. The van der Waals surface area contributed by atoms with Crippen molar-refractivity contribution in [1.29, 1.82) is 0 Å². The average molecular weight is 665 g/mol. The first-order chi connectivity index (χ1) is 22.7. The molecule has 3 amide bonds. The molecule has 0 spiro atoms. The number of nitrogens with zero attached hydrogens (tertiary/aromatic N) is 1. The van der Waals surface area contributed by atoms with Gasteiger partial charge < -0.3 is 30.2 Å². The summed E-state index contributed by atoms with van der Waals surface area (Å²) in [7, 11) is 1.51. The Bertz CT molecular complexity index is 1770. The van der Waals surface area contributed by atoms with Gasteiger partial charge in [-0.1, -0.05) is 0 Å². The van der Waals surface area contributed by atoms with Gasteiger partial charge in [-0.3, -0.25) is 19.4 Å². The number of thiol groups is 1. The van der Waals surface area contributed by atoms with Crippen molar-refractivity contribution in [2.45, 2.75) is 32.1 Å². The number of carbonyl (C=O) groups is 3. The highest BCUT2D eigenvalue weighted by atomic mass is 32.1. The minimum Gasteiger partial charge on any atom is -0.493 e. The van der Waals surface area contributed by atoms with Crippen LogP contribution in [0.15, 0.2) is 66.9 Å². The number of rotatable bonds is 15. The van der Waals surface area contributed by atoms with Gasteiger partial charge >= 0.3 is 0 Å². The summed E-state index contributed by atoms with van der Waals surface area (Å²) >= 11 is 3.93. The van der Waals surface area contributed by atoms with E-state index >= 15 is 4.39 Å². The summed E-state index contributed by atoms with van der Waals surface area (Å²) in [5.74, 6) is -0.991. The second-order valence-electron chi connectivity index (χ2n) is 11.0. The molecule has 1 fully saturated rings. The van der Waals surface area contributed by atoms with Crippen LogP contribution < -0.4 is 30.2 Å². The Morgan fingerprint density at radius 3 is 2.26 bits per heavy atom. The number of fused-ring (bicyclic) bond motifs is 1. The number of pyridine rings is 1. The van der Waals surface area contributed by atoms with Crippen LogP contribution in [0.3, 0.4) is 0 Å². The van der Waals surface area contributed by atoms with Gasteiger partial charge in [0.15, 0.2) is 23.1 Å². The van der Waals surface area contributed by atoms with Crippen molar-refractivity contribution in [3.63, 3.8) is 0 Å². The average Bonchev–Trinajstić information content (AvgIpc) is 3.89. The maximum absolute atomic E-state index is 15.2. The number of nitrogens with one attached hydrogen (secondary N) is 3. The molecule has 0 aliphatic heterocycles. The van der Waals surface area contributed by atoms with Gasteiger partial charge in [-0.2, -0.15) is 12.6 Å². The van der Waals surface area contributed by atoms with Crippen molar-refractivity contribution in [3.8, 4) is 23.0 Å². The van der Waals surface area contributed by atoms with Crippen molar-refractivity contribution < 1.29 is 37.4 Å². The maximum Gasteiger partial charge on any atom is 0.240 e. The molecule has 10 nitrogen and oxygen atoms in total. The topological polar surface area (TPSA) is 128 Å². The van der Waals surface area contributed by atoms with Gasteiger partial charge in [0, 0.05) is 41.6 Å². The highest BCUT2D eigenvalue weighted by Gasteiger charge is 2.56. The van der Waals surface area contributed by atoms with Crippen molar-refractivity contribution in [3.05, 3.63) is 78.5 Å². The number of carbonyl (C=O) groups excluding carboxylic acids is 3. The predicted molar refractivity (Wildman–Crippen MR) is 176 cm³/mol. The zero-order valence-corrected chi connectivity index (χ0v) is 26.5. The van der Waals surface area contributed by atoms with E-state index < -0.39 is 28.9 Å². The normalized spacial score (nSPS) is 13.0. The first-order valence-electron chi connectivity index (χ1n) is 15.1. The molecular weight excluding hydrogens is 630 g/mol. The quantitative estimate of drug-likeness (QED) is 0.0671. The third-order valence-electron chi connectivity index (χ3n) is 7.66. The molecule has 3 N–H and O–H groups in total. The zero-order valence-electron chi connectivity index (χ0n) is 25.6. The highest BCUT2D eigenvalue weighted by Crippen LogP contribution is 2.47. The molecule has 47 heavy (non-hydrogen) atoms. The molecule has 246 valence electrons. The van der Waals surface area contributed by atoms with E-state index in [0.717, 1.165) is 25.3 Å². The van der Waals surface area contributed by atoms with E-state index in [2.05, 4.69) is 33.6 Å². The molecule has 0 atom stereocenters. The zero-order chi connectivity index (χ0) is 33.4. The van der Waals surface area contributed by atoms with Crippen LogP contribution in [0.2, 0.25) is 0 Å². The molecule has 1 saturated carbocycles.